The van der Waals surface area contributed by atoms with Crippen LogP contribution in [0.4, 0.5) is 0 Å². The van der Waals surface area contributed by atoms with Gasteiger partial charge in [-0.05, 0) is 44.3 Å². The zero-order valence-corrected chi connectivity index (χ0v) is 17.8. The van der Waals surface area contributed by atoms with Crippen LogP contribution in [0.5, 0.6) is 17.2 Å². The lowest BCUT2D eigenvalue weighted by Crippen LogP contribution is -2.34. The second-order valence-electron chi connectivity index (χ2n) is 8.04. The van der Waals surface area contributed by atoms with E-state index < -0.39 is 5.60 Å². The standard InChI is InChI=1S/C26H29NO3/c1-4-22-21-12-8-9-13-24(21)30-25-18-20(29-17-16-27(2)3)14-15-23(25)26(22,28)19-10-6-5-7-11-19/h5-15,18,22,28H,4,16-17H2,1-3H3. The highest BCUT2D eigenvalue weighted by atomic mass is 16.5. The predicted octanol–water partition coefficient (Wildman–Crippen LogP) is 5.16. The van der Waals surface area contributed by atoms with E-state index in [-0.39, 0.29) is 5.92 Å². The summed E-state index contributed by atoms with van der Waals surface area (Å²) in [6.45, 7) is 3.52. The van der Waals surface area contributed by atoms with Gasteiger partial charge in [-0.25, -0.2) is 0 Å². The molecular formula is C26H29NO3. The van der Waals surface area contributed by atoms with Crippen LogP contribution in [0.1, 0.15) is 36.0 Å². The third kappa shape index (κ3) is 3.69. The van der Waals surface area contributed by atoms with Crippen molar-refractivity contribution < 1.29 is 14.6 Å². The Hall–Kier alpha value is -2.82. The fourth-order valence-electron chi connectivity index (χ4n) is 4.29. The van der Waals surface area contributed by atoms with Crippen LogP contribution in [0.3, 0.4) is 0 Å². The maximum absolute atomic E-state index is 12.3. The molecule has 3 aromatic rings. The number of para-hydroxylation sites is 1. The first-order valence-corrected chi connectivity index (χ1v) is 10.5. The van der Waals surface area contributed by atoms with Gasteiger partial charge >= 0.3 is 0 Å². The van der Waals surface area contributed by atoms with Crippen LogP contribution in [0.2, 0.25) is 0 Å². The topological polar surface area (TPSA) is 41.9 Å². The Balaban J connectivity index is 1.86. The summed E-state index contributed by atoms with van der Waals surface area (Å²) in [4.78, 5) is 2.08. The summed E-state index contributed by atoms with van der Waals surface area (Å²) in [5, 5.41) is 12.3. The van der Waals surface area contributed by atoms with Gasteiger partial charge in [-0.3, -0.25) is 0 Å². The highest BCUT2D eigenvalue weighted by Crippen LogP contribution is 2.53. The fraction of sp³-hybridized carbons (Fsp3) is 0.308. The van der Waals surface area contributed by atoms with Gasteiger partial charge in [-0.15, -0.1) is 0 Å². The number of likely N-dealkylation sites (N-methyl/N-ethyl adjacent to an activating group) is 1. The minimum atomic E-state index is -1.21. The first-order valence-electron chi connectivity index (χ1n) is 10.5. The summed E-state index contributed by atoms with van der Waals surface area (Å²) in [5.41, 5.74) is 1.43. The van der Waals surface area contributed by atoms with E-state index in [1.807, 2.05) is 80.8 Å². The molecule has 3 aromatic carbocycles. The molecule has 0 aliphatic carbocycles. The van der Waals surface area contributed by atoms with Gasteiger partial charge < -0.3 is 19.5 Å². The molecular weight excluding hydrogens is 374 g/mol. The third-order valence-corrected chi connectivity index (χ3v) is 5.81. The third-order valence-electron chi connectivity index (χ3n) is 5.81. The van der Waals surface area contributed by atoms with Crippen molar-refractivity contribution in [2.45, 2.75) is 24.9 Å². The summed E-state index contributed by atoms with van der Waals surface area (Å²) in [6.07, 6.45) is 0.770. The molecule has 2 unspecified atom stereocenters. The van der Waals surface area contributed by atoms with Gasteiger partial charge in [0.05, 0.1) is 0 Å². The van der Waals surface area contributed by atoms with Gasteiger partial charge in [0.2, 0.25) is 0 Å². The smallest absolute Gasteiger partial charge is 0.137 e. The Labute approximate surface area is 178 Å². The average molecular weight is 404 g/mol. The number of aliphatic hydroxyl groups is 1. The van der Waals surface area contributed by atoms with Crippen LogP contribution in [-0.4, -0.2) is 37.3 Å². The first kappa shape index (κ1) is 20.5. The molecule has 4 heteroatoms. The van der Waals surface area contributed by atoms with Crippen LogP contribution >= 0.6 is 0 Å². The molecule has 4 rings (SSSR count). The summed E-state index contributed by atoms with van der Waals surface area (Å²) in [6, 6.07) is 23.6. The van der Waals surface area contributed by atoms with Gasteiger partial charge in [0, 0.05) is 29.7 Å². The number of ether oxygens (including phenoxy) is 2. The van der Waals surface area contributed by atoms with Crippen LogP contribution < -0.4 is 9.47 Å². The van der Waals surface area contributed by atoms with E-state index in [2.05, 4.69) is 17.9 Å². The number of hydrogen-bond acceptors (Lipinski definition) is 4. The van der Waals surface area contributed by atoms with Crippen LogP contribution in [0.15, 0.2) is 72.8 Å². The van der Waals surface area contributed by atoms with Gasteiger partial charge in [-0.2, -0.15) is 0 Å². The molecule has 2 atom stereocenters. The van der Waals surface area contributed by atoms with Crippen LogP contribution in [0, 0.1) is 0 Å². The molecule has 0 amide bonds. The molecule has 1 heterocycles. The molecule has 0 bridgehead atoms. The van der Waals surface area contributed by atoms with Crippen molar-refractivity contribution in [2.75, 3.05) is 27.2 Å². The number of rotatable bonds is 6. The zero-order chi connectivity index (χ0) is 21.1. The first-order chi connectivity index (χ1) is 14.5. The molecule has 1 aliphatic rings. The highest BCUT2D eigenvalue weighted by Gasteiger charge is 2.45. The maximum atomic E-state index is 12.3. The number of hydrogen-bond donors (Lipinski definition) is 1. The second-order valence-corrected chi connectivity index (χ2v) is 8.04. The lowest BCUT2D eigenvalue weighted by atomic mass is 9.72. The lowest BCUT2D eigenvalue weighted by molar-refractivity contribution is 0.0484. The maximum Gasteiger partial charge on any atom is 0.137 e. The summed E-state index contributed by atoms with van der Waals surface area (Å²) >= 11 is 0. The summed E-state index contributed by atoms with van der Waals surface area (Å²) in [7, 11) is 4.04. The molecule has 0 fully saturated rings. The Morgan fingerprint density at radius 2 is 1.70 bits per heavy atom. The summed E-state index contributed by atoms with van der Waals surface area (Å²) < 4.78 is 12.3. The second kappa shape index (κ2) is 8.50. The molecule has 1 aliphatic heterocycles. The number of fused-ring (bicyclic) bond motifs is 2. The molecule has 1 N–H and O–H groups in total. The molecule has 0 saturated carbocycles. The minimum Gasteiger partial charge on any atom is -0.492 e. The normalized spacial score (nSPS) is 20.1. The van der Waals surface area contributed by atoms with E-state index in [1.54, 1.807) is 0 Å². The van der Waals surface area contributed by atoms with Gasteiger partial charge in [0.1, 0.15) is 29.5 Å². The van der Waals surface area contributed by atoms with Crippen molar-refractivity contribution in [2.24, 2.45) is 0 Å². The van der Waals surface area contributed by atoms with Crippen LogP contribution in [-0.2, 0) is 5.60 Å². The van der Waals surface area contributed by atoms with Crippen molar-refractivity contribution in [1.82, 2.24) is 4.90 Å². The van der Waals surface area contributed by atoms with Gasteiger partial charge in [-0.1, -0.05) is 55.5 Å². The quantitative estimate of drug-likeness (QED) is 0.617. The van der Waals surface area contributed by atoms with Crippen molar-refractivity contribution >= 4 is 0 Å². The van der Waals surface area contributed by atoms with E-state index in [1.165, 1.54) is 0 Å². The van der Waals surface area contributed by atoms with Gasteiger partial charge in [0.25, 0.3) is 0 Å². The molecule has 0 saturated heterocycles. The van der Waals surface area contributed by atoms with E-state index >= 15 is 0 Å². The fourth-order valence-corrected chi connectivity index (χ4v) is 4.29. The van der Waals surface area contributed by atoms with E-state index in [9.17, 15) is 5.11 Å². The Kier molecular flexibility index (Phi) is 5.80. The van der Waals surface area contributed by atoms with Crippen LogP contribution in [0.25, 0.3) is 0 Å². The molecule has 0 aromatic heterocycles. The number of nitrogens with zero attached hydrogens (tertiary/aromatic N) is 1. The zero-order valence-electron chi connectivity index (χ0n) is 17.8. The van der Waals surface area contributed by atoms with Crippen molar-refractivity contribution in [3.05, 3.63) is 89.5 Å². The SMILES string of the molecule is CCC1c2ccccc2Oc2cc(OCCN(C)C)ccc2C1(O)c1ccccc1. The monoisotopic (exact) mass is 403 g/mol. The highest BCUT2D eigenvalue weighted by molar-refractivity contribution is 5.56. The largest absolute Gasteiger partial charge is 0.492 e. The molecule has 0 spiro atoms. The van der Waals surface area contributed by atoms with Gasteiger partial charge in [0.15, 0.2) is 0 Å². The average Bonchev–Trinajstić information content (AvgIpc) is 2.86. The Morgan fingerprint density at radius 3 is 2.43 bits per heavy atom. The number of benzene rings is 3. The van der Waals surface area contributed by atoms with E-state index in [0.717, 1.165) is 41.2 Å². The van der Waals surface area contributed by atoms with E-state index in [0.29, 0.717) is 12.4 Å². The summed E-state index contributed by atoms with van der Waals surface area (Å²) in [5.74, 6) is 2.01. The van der Waals surface area contributed by atoms with E-state index in [4.69, 9.17) is 9.47 Å². The Morgan fingerprint density at radius 1 is 0.967 bits per heavy atom. The lowest BCUT2D eigenvalue weighted by Gasteiger charge is -2.36. The molecule has 4 nitrogen and oxygen atoms in total. The molecule has 156 valence electrons. The molecule has 0 radical (unpaired) electrons. The van der Waals surface area contributed by atoms with Crippen molar-refractivity contribution in [1.29, 1.82) is 0 Å². The molecule has 30 heavy (non-hydrogen) atoms. The minimum absolute atomic E-state index is 0.141. The Bertz CT molecular complexity index is 1000. The van der Waals surface area contributed by atoms with Crippen molar-refractivity contribution in [3.8, 4) is 17.2 Å². The van der Waals surface area contributed by atoms with Crippen molar-refractivity contribution in [3.63, 3.8) is 0 Å². The predicted molar refractivity (Wildman–Crippen MR) is 119 cm³/mol.